The van der Waals surface area contributed by atoms with Crippen molar-refractivity contribution >= 4 is 33.5 Å². The van der Waals surface area contributed by atoms with Crippen molar-refractivity contribution in [3.05, 3.63) is 59.7 Å². The van der Waals surface area contributed by atoms with E-state index in [1.807, 2.05) is 30.3 Å². The fourth-order valence-electron chi connectivity index (χ4n) is 2.07. The number of carbonyl (C=O) groups is 2. The normalized spacial score (nSPS) is 15.9. The molecule has 22 heavy (non-hydrogen) atoms. The number of nitrogens with one attached hydrogen (secondary N) is 1. The number of anilines is 1. The highest BCUT2D eigenvalue weighted by Crippen LogP contribution is 2.33. The van der Waals surface area contributed by atoms with Gasteiger partial charge in [0, 0.05) is 11.8 Å². The van der Waals surface area contributed by atoms with Gasteiger partial charge in [0.1, 0.15) is 12.4 Å². The van der Waals surface area contributed by atoms with Gasteiger partial charge in [-0.1, -0.05) is 30.3 Å². The van der Waals surface area contributed by atoms with Crippen molar-refractivity contribution in [1.82, 2.24) is 0 Å². The van der Waals surface area contributed by atoms with Crippen molar-refractivity contribution in [2.45, 2.75) is 11.6 Å². The molecule has 0 saturated heterocycles. The smallest absolute Gasteiger partial charge is 0.411 e. The first-order valence-electron chi connectivity index (χ1n) is 6.60. The number of hydrogen-bond acceptors (Lipinski definition) is 4. The highest BCUT2D eigenvalue weighted by atomic mass is 79.9. The molecule has 2 aromatic rings. The second-order valence-electron chi connectivity index (χ2n) is 4.70. The number of carbonyl (C=O) groups excluding carboxylic acids is 2. The van der Waals surface area contributed by atoms with E-state index in [0.717, 1.165) is 5.56 Å². The highest BCUT2D eigenvalue weighted by molar-refractivity contribution is 9.09. The third-order valence-corrected chi connectivity index (χ3v) is 3.75. The molecule has 1 atom stereocenters. The monoisotopic (exact) mass is 361 g/mol. The Bertz CT molecular complexity index is 717. The lowest BCUT2D eigenvalue weighted by Gasteiger charge is -2.08. The zero-order valence-corrected chi connectivity index (χ0v) is 13.0. The van der Waals surface area contributed by atoms with E-state index < -0.39 is 11.1 Å². The molecule has 0 spiro atoms. The lowest BCUT2D eigenvalue weighted by atomic mass is 10.1. The van der Waals surface area contributed by atoms with Crippen LogP contribution in [0, 0.1) is 0 Å². The molecule has 1 unspecified atom stereocenters. The number of benzene rings is 2. The van der Waals surface area contributed by atoms with Crippen molar-refractivity contribution in [2.75, 3.05) is 5.32 Å². The lowest BCUT2D eigenvalue weighted by Crippen LogP contribution is -2.13. The van der Waals surface area contributed by atoms with Crippen LogP contribution in [0.3, 0.4) is 0 Å². The van der Waals surface area contributed by atoms with Gasteiger partial charge in [0.2, 0.25) is 10.8 Å². The van der Waals surface area contributed by atoms with Crippen LogP contribution >= 0.6 is 15.9 Å². The van der Waals surface area contributed by atoms with Crippen LogP contribution in [0.5, 0.6) is 5.75 Å². The fourth-order valence-corrected chi connectivity index (χ4v) is 2.51. The molecule has 1 aliphatic heterocycles. The predicted octanol–water partition coefficient (Wildman–Crippen LogP) is 3.73. The zero-order chi connectivity index (χ0) is 15.5. The van der Waals surface area contributed by atoms with Crippen molar-refractivity contribution in [2.24, 2.45) is 0 Å². The van der Waals surface area contributed by atoms with Crippen LogP contribution in [-0.4, -0.2) is 16.9 Å². The third kappa shape index (κ3) is 3.12. The Labute approximate surface area is 135 Å². The van der Waals surface area contributed by atoms with E-state index in [1.54, 1.807) is 18.2 Å². The van der Waals surface area contributed by atoms with Crippen molar-refractivity contribution in [1.29, 1.82) is 0 Å². The second-order valence-corrected chi connectivity index (χ2v) is 5.53. The van der Waals surface area contributed by atoms with Crippen LogP contribution < -0.4 is 10.1 Å². The molecular weight excluding hydrogens is 350 g/mol. The van der Waals surface area contributed by atoms with Gasteiger partial charge < -0.3 is 9.47 Å². The van der Waals surface area contributed by atoms with Crippen molar-refractivity contribution in [3.8, 4) is 5.75 Å². The number of fused-ring (bicyclic) bond motifs is 1. The number of Topliss-reactive ketones (excluding diaryl/α,β-unsaturated/α-hetero) is 1. The summed E-state index contributed by atoms with van der Waals surface area (Å²) in [6, 6.07) is 14.2. The number of rotatable bonds is 3. The number of halogens is 1. The van der Waals surface area contributed by atoms with E-state index in [1.165, 1.54) is 0 Å². The van der Waals surface area contributed by atoms with Crippen LogP contribution in [0.1, 0.15) is 15.9 Å². The Kier molecular flexibility index (Phi) is 4.11. The molecule has 2 aromatic carbocycles. The number of hydrogen-bond donors (Lipinski definition) is 1. The molecule has 112 valence electrons. The molecule has 0 saturated carbocycles. The van der Waals surface area contributed by atoms with E-state index in [0.29, 0.717) is 17.0 Å². The van der Waals surface area contributed by atoms with Gasteiger partial charge in [-0.05, 0) is 33.6 Å². The number of alkyl halides is 1. The van der Waals surface area contributed by atoms with Gasteiger partial charge in [-0.15, -0.1) is 0 Å². The Morgan fingerprint density at radius 2 is 2.00 bits per heavy atom. The SMILES string of the molecule is O=C(Nc1ccc2c(c1)OC(Br)C2=O)OCc1ccccc1. The summed E-state index contributed by atoms with van der Waals surface area (Å²) in [5, 5.41) is 1.94. The summed E-state index contributed by atoms with van der Waals surface area (Å²) in [6.45, 7) is 0.191. The molecule has 1 N–H and O–H groups in total. The largest absolute Gasteiger partial charge is 0.470 e. The van der Waals surface area contributed by atoms with E-state index in [4.69, 9.17) is 9.47 Å². The molecule has 0 radical (unpaired) electrons. The topological polar surface area (TPSA) is 64.6 Å². The molecule has 5 nitrogen and oxygen atoms in total. The number of ketones is 1. The predicted molar refractivity (Wildman–Crippen MR) is 84.4 cm³/mol. The molecule has 0 bridgehead atoms. The summed E-state index contributed by atoms with van der Waals surface area (Å²) in [5.41, 5.74) is 1.90. The fraction of sp³-hybridized carbons (Fsp3) is 0.125. The summed E-state index contributed by atoms with van der Waals surface area (Å²) in [6.07, 6.45) is -0.566. The van der Waals surface area contributed by atoms with Crippen LogP contribution in [0.4, 0.5) is 10.5 Å². The van der Waals surface area contributed by atoms with Gasteiger partial charge in [0.15, 0.2) is 0 Å². The molecular formula is C16H12BrNO4. The van der Waals surface area contributed by atoms with E-state index in [2.05, 4.69) is 21.2 Å². The Morgan fingerprint density at radius 3 is 2.77 bits per heavy atom. The molecule has 1 amide bonds. The van der Waals surface area contributed by atoms with Gasteiger partial charge in [-0.25, -0.2) is 4.79 Å². The Balaban J connectivity index is 1.61. The molecule has 0 aromatic heterocycles. The molecule has 3 rings (SSSR count). The summed E-state index contributed by atoms with van der Waals surface area (Å²) < 4.78 is 10.5. The first-order valence-corrected chi connectivity index (χ1v) is 7.52. The van der Waals surface area contributed by atoms with E-state index >= 15 is 0 Å². The molecule has 0 aliphatic carbocycles. The molecule has 1 heterocycles. The minimum absolute atomic E-state index is 0.131. The standard InChI is InChI=1S/C16H12BrNO4/c17-15-14(19)12-7-6-11(8-13(12)22-15)18-16(20)21-9-10-4-2-1-3-5-10/h1-8,15H,9H2,(H,18,20). The highest BCUT2D eigenvalue weighted by Gasteiger charge is 2.30. The first kappa shape index (κ1) is 14.6. The molecule has 6 heteroatoms. The maximum absolute atomic E-state index is 11.8. The van der Waals surface area contributed by atoms with Gasteiger partial charge in [0.05, 0.1) is 5.56 Å². The van der Waals surface area contributed by atoms with Crippen molar-refractivity contribution < 1.29 is 19.1 Å². The minimum Gasteiger partial charge on any atom is -0.470 e. The van der Waals surface area contributed by atoms with E-state index in [9.17, 15) is 9.59 Å². The quantitative estimate of drug-likeness (QED) is 0.845. The average Bonchev–Trinajstić information content (AvgIpc) is 2.81. The van der Waals surface area contributed by atoms with Gasteiger partial charge in [-0.3, -0.25) is 10.1 Å². The Morgan fingerprint density at radius 1 is 1.23 bits per heavy atom. The van der Waals surface area contributed by atoms with Gasteiger partial charge in [0.25, 0.3) is 0 Å². The number of ether oxygens (including phenoxy) is 2. The zero-order valence-electron chi connectivity index (χ0n) is 11.4. The van der Waals surface area contributed by atoms with Crippen LogP contribution in [0.15, 0.2) is 48.5 Å². The van der Waals surface area contributed by atoms with Crippen LogP contribution in [0.25, 0.3) is 0 Å². The van der Waals surface area contributed by atoms with Crippen molar-refractivity contribution in [3.63, 3.8) is 0 Å². The summed E-state index contributed by atoms with van der Waals surface area (Å²) in [4.78, 5) is 23.5. The summed E-state index contributed by atoms with van der Waals surface area (Å²) in [5.74, 6) is 0.306. The summed E-state index contributed by atoms with van der Waals surface area (Å²) in [7, 11) is 0. The van der Waals surface area contributed by atoms with Gasteiger partial charge >= 0.3 is 6.09 Å². The maximum Gasteiger partial charge on any atom is 0.411 e. The Hall–Kier alpha value is -2.34. The average molecular weight is 362 g/mol. The number of amides is 1. The van der Waals surface area contributed by atoms with Gasteiger partial charge in [-0.2, -0.15) is 0 Å². The summed E-state index contributed by atoms with van der Waals surface area (Å²) >= 11 is 3.13. The second kappa shape index (κ2) is 6.19. The van der Waals surface area contributed by atoms with E-state index in [-0.39, 0.29) is 12.4 Å². The minimum atomic E-state index is -0.664. The maximum atomic E-state index is 11.8. The lowest BCUT2D eigenvalue weighted by molar-refractivity contribution is 0.0942. The first-order chi connectivity index (χ1) is 10.6. The van der Waals surface area contributed by atoms with Crippen LogP contribution in [-0.2, 0) is 11.3 Å². The molecule has 0 fully saturated rings. The van der Waals surface area contributed by atoms with Crippen LogP contribution in [0.2, 0.25) is 0 Å². The third-order valence-electron chi connectivity index (χ3n) is 3.14. The molecule has 1 aliphatic rings.